The topological polar surface area (TPSA) is 3.24 Å². The molecule has 1 heteroatoms. The molecule has 0 amide bonds. The summed E-state index contributed by atoms with van der Waals surface area (Å²) in [6.45, 7) is 8.30. The first-order valence-electron chi connectivity index (χ1n) is 4.44. The monoisotopic (exact) mass is 151 g/mol. The van der Waals surface area contributed by atoms with Crippen molar-refractivity contribution in [3.63, 3.8) is 0 Å². The second-order valence-electron chi connectivity index (χ2n) is 3.21. The summed E-state index contributed by atoms with van der Waals surface area (Å²) < 4.78 is 0. The molecule has 11 heavy (non-hydrogen) atoms. The van der Waals surface area contributed by atoms with E-state index in [0.29, 0.717) is 6.04 Å². The minimum absolute atomic E-state index is 0.535. The highest BCUT2D eigenvalue weighted by Crippen LogP contribution is 2.11. The molecule has 1 aliphatic rings. The molecule has 0 aromatic heterocycles. The molecule has 1 saturated heterocycles. The Morgan fingerprint density at radius 1 is 1.36 bits per heavy atom. The van der Waals surface area contributed by atoms with Crippen molar-refractivity contribution >= 4 is 0 Å². The van der Waals surface area contributed by atoms with Gasteiger partial charge in [0, 0.05) is 6.04 Å². The molecular formula is C10H17N. The lowest BCUT2D eigenvalue weighted by molar-refractivity contribution is 0.201. The second-order valence-corrected chi connectivity index (χ2v) is 3.21. The van der Waals surface area contributed by atoms with Gasteiger partial charge in [0.15, 0.2) is 0 Å². The summed E-state index contributed by atoms with van der Waals surface area (Å²) >= 11 is 0. The number of hydrogen-bond donors (Lipinski definition) is 0. The van der Waals surface area contributed by atoms with Crippen LogP contribution >= 0.6 is 0 Å². The van der Waals surface area contributed by atoms with Crippen LogP contribution in [0.2, 0.25) is 0 Å². The lowest BCUT2D eigenvalue weighted by atomic mass is 10.1. The van der Waals surface area contributed by atoms with Gasteiger partial charge in [-0.2, -0.15) is 0 Å². The Kier molecular flexibility index (Phi) is 3.41. The van der Waals surface area contributed by atoms with Gasteiger partial charge in [-0.25, -0.2) is 0 Å². The molecule has 1 nitrogen and oxygen atoms in total. The molecule has 0 aromatic rings. The predicted molar refractivity (Wildman–Crippen MR) is 48.6 cm³/mol. The summed E-state index contributed by atoms with van der Waals surface area (Å²) in [5, 5.41) is 0. The van der Waals surface area contributed by atoms with Gasteiger partial charge in [0.25, 0.3) is 0 Å². The third-order valence-corrected chi connectivity index (χ3v) is 2.33. The largest absolute Gasteiger partial charge is 0.297 e. The summed E-state index contributed by atoms with van der Waals surface area (Å²) in [5.74, 6) is 0. The van der Waals surface area contributed by atoms with E-state index in [1.54, 1.807) is 0 Å². The summed E-state index contributed by atoms with van der Waals surface area (Å²) in [5.41, 5.74) is 2.85. The lowest BCUT2D eigenvalue weighted by Crippen LogP contribution is -2.36. The molecule has 0 saturated carbocycles. The molecule has 1 aliphatic heterocycles. The van der Waals surface area contributed by atoms with Crippen molar-refractivity contribution in [3.05, 3.63) is 18.4 Å². The zero-order chi connectivity index (χ0) is 8.10. The normalized spacial score (nSPS) is 22.3. The van der Waals surface area contributed by atoms with Crippen LogP contribution in [0, 0.1) is 0 Å². The number of nitrogens with zero attached hydrogens (tertiary/aromatic N) is 1. The van der Waals surface area contributed by atoms with E-state index in [2.05, 4.69) is 24.1 Å². The molecule has 0 bridgehead atoms. The highest BCUT2D eigenvalue weighted by atomic mass is 15.1. The van der Waals surface area contributed by atoms with Crippen LogP contribution in [0.25, 0.3) is 0 Å². The van der Waals surface area contributed by atoms with Gasteiger partial charge in [-0.1, -0.05) is 13.0 Å². The lowest BCUT2D eigenvalue weighted by Gasteiger charge is -2.30. The molecular weight excluding hydrogens is 134 g/mol. The van der Waals surface area contributed by atoms with E-state index in [0.717, 1.165) is 0 Å². The molecule has 0 radical (unpaired) electrons. The van der Waals surface area contributed by atoms with E-state index in [-0.39, 0.29) is 0 Å². The van der Waals surface area contributed by atoms with Gasteiger partial charge < -0.3 is 0 Å². The van der Waals surface area contributed by atoms with E-state index < -0.39 is 0 Å². The molecule has 0 aliphatic carbocycles. The van der Waals surface area contributed by atoms with Crippen molar-refractivity contribution in [2.45, 2.75) is 32.2 Å². The highest BCUT2D eigenvalue weighted by Gasteiger charge is 2.13. The van der Waals surface area contributed by atoms with Crippen molar-refractivity contribution in [2.75, 3.05) is 13.1 Å². The summed E-state index contributed by atoms with van der Waals surface area (Å²) in [6, 6.07) is 0.535. The van der Waals surface area contributed by atoms with Crippen LogP contribution < -0.4 is 0 Å². The Morgan fingerprint density at radius 3 is 2.55 bits per heavy atom. The molecule has 0 aromatic carbocycles. The van der Waals surface area contributed by atoms with Gasteiger partial charge in [-0.05, 0) is 38.9 Å². The number of piperidine rings is 1. The third kappa shape index (κ3) is 2.53. The van der Waals surface area contributed by atoms with Gasteiger partial charge in [0.05, 0.1) is 0 Å². The van der Waals surface area contributed by atoms with E-state index >= 15 is 0 Å². The maximum absolute atomic E-state index is 3.59. The van der Waals surface area contributed by atoms with Crippen LogP contribution in [-0.4, -0.2) is 24.0 Å². The Labute approximate surface area is 69.4 Å². The van der Waals surface area contributed by atoms with Gasteiger partial charge >= 0.3 is 0 Å². The molecule has 62 valence electrons. The third-order valence-electron chi connectivity index (χ3n) is 2.33. The molecule has 0 spiro atoms. The summed E-state index contributed by atoms with van der Waals surface area (Å²) in [6.07, 6.45) is 6.16. The average molecular weight is 151 g/mol. The number of rotatable bonds is 2. The molecule has 1 fully saturated rings. The first-order chi connectivity index (χ1) is 5.34. The van der Waals surface area contributed by atoms with Gasteiger partial charge in [0.1, 0.15) is 0 Å². The quantitative estimate of drug-likeness (QED) is 0.547. The maximum atomic E-state index is 3.59. The van der Waals surface area contributed by atoms with E-state index in [4.69, 9.17) is 0 Å². The standard InChI is InChI=1S/C10H17N/c1-3-7-10(2)11-8-5-4-6-9-11/h7,10H,1,4-6,8-9H2,2H3. The van der Waals surface area contributed by atoms with Crippen LogP contribution in [-0.2, 0) is 0 Å². The van der Waals surface area contributed by atoms with Gasteiger partial charge in [-0.15, -0.1) is 5.73 Å². The van der Waals surface area contributed by atoms with Gasteiger partial charge in [0.2, 0.25) is 0 Å². The van der Waals surface area contributed by atoms with Crippen molar-refractivity contribution in [3.8, 4) is 0 Å². The second kappa shape index (κ2) is 4.38. The Balaban J connectivity index is 2.38. The number of likely N-dealkylation sites (tertiary alicyclic amines) is 1. The molecule has 0 N–H and O–H groups in total. The maximum Gasteiger partial charge on any atom is 0.0324 e. The van der Waals surface area contributed by atoms with Gasteiger partial charge in [-0.3, -0.25) is 4.90 Å². The molecule has 1 atom stereocenters. The van der Waals surface area contributed by atoms with Crippen molar-refractivity contribution < 1.29 is 0 Å². The smallest absolute Gasteiger partial charge is 0.0324 e. The Morgan fingerprint density at radius 2 is 2.00 bits per heavy atom. The van der Waals surface area contributed by atoms with E-state index in [1.807, 2.05) is 6.08 Å². The number of hydrogen-bond acceptors (Lipinski definition) is 1. The summed E-state index contributed by atoms with van der Waals surface area (Å²) in [4.78, 5) is 2.49. The van der Waals surface area contributed by atoms with Crippen LogP contribution in [0.1, 0.15) is 26.2 Å². The zero-order valence-corrected chi connectivity index (χ0v) is 7.34. The van der Waals surface area contributed by atoms with Crippen molar-refractivity contribution in [2.24, 2.45) is 0 Å². The highest BCUT2D eigenvalue weighted by molar-refractivity contribution is 4.89. The SMILES string of the molecule is C=C=CC(C)N1CCCCC1. The van der Waals surface area contributed by atoms with Crippen LogP contribution in [0.4, 0.5) is 0 Å². The minimum atomic E-state index is 0.535. The predicted octanol–water partition coefficient (Wildman–Crippen LogP) is 2.20. The van der Waals surface area contributed by atoms with E-state index in [1.165, 1.54) is 32.4 Å². The Hall–Kier alpha value is -0.520. The fraction of sp³-hybridized carbons (Fsp3) is 0.700. The zero-order valence-electron chi connectivity index (χ0n) is 7.34. The fourth-order valence-corrected chi connectivity index (χ4v) is 1.60. The van der Waals surface area contributed by atoms with Crippen LogP contribution in [0.15, 0.2) is 18.4 Å². The first-order valence-corrected chi connectivity index (χ1v) is 4.44. The van der Waals surface area contributed by atoms with Crippen LogP contribution in [0.5, 0.6) is 0 Å². The van der Waals surface area contributed by atoms with Crippen molar-refractivity contribution in [1.82, 2.24) is 4.90 Å². The van der Waals surface area contributed by atoms with Crippen LogP contribution in [0.3, 0.4) is 0 Å². The Bertz CT molecular complexity index is 150. The van der Waals surface area contributed by atoms with Crippen molar-refractivity contribution in [1.29, 1.82) is 0 Å². The molecule has 1 unspecified atom stereocenters. The first kappa shape index (κ1) is 8.58. The van der Waals surface area contributed by atoms with E-state index in [9.17, 15) is 0 Å². The average Bonchev–Trinajstić information content (AvgIpc) is 2.07. The summed E-state index contributed by atoms with van der Waals surface area (Å²) in [7, 11) is 0. The minimum Gasteiger partial charge on any atom is -0.297 e. The fourth-order valence-electron chi connectivity index (χ4n) is 1.60. The molecule has 1 heterocycles. The molecule has 1 rings (SSSR count).